The van der Waals surface area contributed by atoms with E-state index in [0.29, 0.717) is 12.8 Å². The van der Waals surface area contributed by atoms with Gasteiger partial charge in [-0.25, -0.2) is 4.79 Å². The number of aliphatic hydroxyl groups excluding tert-OH is 1. The average molecular weight is 409 g/mol. The van der Waals surface area contributed by atoms with Crippen molar-refractivity contribution in [2.45, 2.75) is 24.9 Å². The molecule has 6 nitrogen and oxygen atoms in total. The predicted octanol–water partition coefficient (Wildman–Crippen LogP) is 2.93. The molecule has 0 radical (unpaired) electrons. The molecule has 1 heterocycles. The van der Waals surface area contributed by atoms with Gasteiger partial charge in [0.25, 0.3) is 0 Å². The quantitative estimate of drug-likeness (QED) is 0.740. The Kier molecular flexibility index (Phi) is 6.90. The summed E-state index contributed by atoms with van der Waals surface area (Å²) in [6, 6.07) is 18.6. The zero-order chi connectivity index (χ0) is 21.7. The molecule has 0 aromatic heterocycles. The first-order valence-corrected chi connectivity index (χ1v) is 9.86. The SMILES string of the molecule is COC(=O)C1=C(O)C(C(=O)OC)C(Cc2ccccc2)N(C)C1Cc1ccccc1. The lowest BCUT2D eigenvalue weighted by molar-refractivity contribution is -0.149. The van der Waals surface area contributed by atoms with Crippen LogP contribution in [0, 0.1) is 5.92 Å². The van der Waals surface area contributed by atoms with Crippen LogP contribution in [0.3, 0.4) is 0 Å². The fourth-order valence-electron chi connectivity index (χ4n) is 4.14. The lowest BCUT2D eigenvalue weighted by Crippen LogP contribution is -2.55. The normalized spacial score (nSPS) is 21.9. The molecule has 158 valence electrons. The first-order chi connectivity index (χ1) is 14.5. The molecule has 2 aromatic carbocycles. The van der Waals surface area contributed by atoms with E-state index in [4.69, 9.17) is 9.47 Å². The van der Waals surface area contributed by atoms with Gasteiger partial charge in [0, 0.05) is 12.1 Å². The van der Waals surface area contributed by atoms with Crippen molar-refractivity contribution in [3.63, 3.8) is 0 Å². The lowest BCUT2D eigenvalue weighted by atomic mass is 9.80. The van der Waals surface area contributed by atoms with Gasteiger partial charge in [-0.15, -0.1) is 0 Å². The number of methoxy groups -OCH3 is 2. The first-order valence-electron chi connectivity index (χ1n) is 9.86. The third kappa shape index (κ3) is 4.39. The van der Waals surface area contributed by atoms with E-state index in [1.165, 1.54) is 14.2 Å². The molecule has 0 saturated carbocycles. The summed E-state index contributed by atoms with van der Waals surface area (Å²) in [6.07, 6.45) is 1.01. The van der Waals surface area contributed by atoms with E-state index < -0.39 is 23.9 Å². The summed E-state index contributed by atoms with van der Waals surface area (Å²) in [4.78, 5) is 27.3. The molecule has 0 bridgehead atoms. The van der Waals surface area contributed by atoms with Crippen LogP contribution in [0.15, 0.2) is 72.0 Å². The van der Waals surface area contributed by atoms with Crippen LogP contribution in [0.25, 0.3) is 0 Å². The molecule has 0 aliphatic carbocycles. The molecule has 3 unspecified atom stereocenters. The van der Waals surface area contributed by atoms with E-state index >= 15 is 0 Å². The second kappa shape index (κ2) is 9.59. The lowest BCUT2D eigenvalue weighted by Gasteiger charge is -2.43. The molecule has 3 rings (SSSR count). The smallest absolute Gasteiger partial charge is 0.338 e. The van der Waals surface area contributed by atoms with Crippen molar-refractivity contribution >= 4 is 11.9 Å². The molecule has 0 amide bonds. The van der Waals surface area contributed by atoms with Crippen LogP contribution in [0.5, 0.6) is 0 Å². The Labute approximate surface area is 176 Å². The number of rotatable bonds is 6. The molecular weight excluding hydrogens is 382 g/mol. The van der Waals surface area contributed by atoms with Gasteiger partial charge in [-0.2, -0.15) is 0 Å². The van der Waals surface area contributed by atoms with E-state index in [1.807, 2.05) is 72.6 Å². The van der Waals surface area contributed by atoms with Crippen molar-refractivity contribution in [3.8, 4) is 0 Å². The number of esters is 2. The maximum Gasteiger partial charge on any atom is 0.338 e. The summed E-state index contributed by atoms with van der Waals surface area (Å²) < 4.78 is 9.94. The molecule has 0 fully saturated rings. The number of ether oxygens (including phenoxy) is 2. The molecule has 6 heteroatoms. The Bertz CT molecular complexity index is 910. The van der Waals surface area contributed by atoms with Gasteiger partial charge in [0.05, 0.1) is 19.8 Å². The van der Waals surface area contributed by atoms with Crippen molar-refractivity contribution in [1.29, 1.82) is 0 Å². The number of carbonyl (C=O) groups is 2. The minimum absolute atomic E-state index is 0.101. The van der Waals surface area contributed by atoms with Crippen molar-refractivity contribution < 1.29 is 24.2 Å². The summed E-state index contributed by atoms with van der Waals surface area (Å²) in [5.41, 5.74) is 2.14. The van der Waals surface area contributed by atoms with Crippen LogP contribution in [0.1, 0.15) is 11.1 Å². The number of hydrogen-bond donors (Lipinski definition) is 1. The highest BCUT2D eigenvalue weighted by Crippen LogP contribution is 2.35. The Morgan fingerprint density at radius 1 is 0.900 bits per heavy atom. The largest absolute Gasteiger partial charge is 0.511 e. The van der Waals surface area contributed by atoms with Gasteiger partial charge in [-0.1, -0.05) is 60.7 Å². The summed E-state index contributed by atoms with van der Waals surface area (Å²) >= 11 is 0. The van der Waals surface area contributed by atoms with Gasteiger partial charge < -0.3 is 14.6 Å². The van der Waals surface area contributed by atoms with E-state index in [-0.39, 0.29) is 17.4 Å². The Morgan fingerprint density at radius 2 is 1.43 bits per heavy atom. The highest BCUT2D eigenvalue weighted by molar-refractivity contribution is 5.92. The first kappa shape index (κ1) is 21.6. The summed E-state index contributed by atoms with van der Waals surface area (Å²) in [5, 5.41) is 11.1. The molecule has 0 saturated heterocycles. The van der Waals surface area contributed by atoms with Crippen LogP contribution in [0.2, 0.25) is 0 Å². The second-order valence-electron chi connectivity index (χ2n) is 7.42. The van der Waals surface area contributed by atoms with Crippen molar-refractivity contribution in [2.75, 3.05) is 21.3 Å². The number of carbonyl (C=O) groups excluding carboxylic acids is 2. The Hall–Kier alpha value is -3.12. The maximum atomic E-state index is 12.6. The van der Waals surface area contributed by atoms with Crippen molar-refractivity contribution in [1.82, 2.24) is 4.90 Å². The van der Waals surface area contributed by atoms with Crippen LogP contribution in [-0.2, 0) is 31.9 Å². The van der Waals surface area contributed by atoms with E-state index in [0.717, 1.165) is 11.1 Å². The fraction of sp³-hybridized carbons (Fsp3) is 0.333. The highest BCUT2D eigenvalue weighted by atomic mass is 16.5. The zero-order valence-corrected chi connectivity index (χ0v) is 17.4. The molecule has 2 aromatic rings. The molecular formula is C24H27NO5. The standard InChI is InChI=1S/C24H27NO5/c1-25-18(14-16-10-6-4-7-11-16)20(23(27)29-2)22(26)21(24(28)30-3)19(25)15-17-12-8-5-9-13-17/h4-13,18-20,26H,14-15H2,1-3H3. The highest BCUT2D eigenvalue weighted by Gasteiger charge is 2.47. The fourth-order valence-corrected chi connectivity index (χ4v) is 4.14. The third-order valence-electron chi connectivity index (χ3n) is 5.72. The molecule has 1 aliphatic heterocycles. The monoisotopic (exact) mass is 409 g/mol. The zero-order valence-electron chi connectivity index (χ0n) is 17.4. The number of likely N-dealkylation sites (N-methyl/N-ethyl adjacent to an activating group) is 1. The summed E-state index contributed by atoms with van der Waals surface area (Å²) in [6.45, 7) is 0. The molecule has 30 heavy (non-hydrogen) atoms. The Balaban J connectivity index is 2.08. The number of nitrogens with zero attached hydrogens (tertiary/aromatic N) is 1. The van der Waals surface area contributed by atoms with Crippen molar-refractivity contribution in [3.05, 3.63) is 83.1 Å². The topological polar surface area (TPSA) is 76.1 Å². The van der Waals surface area contributed by atoms with E-state index in [9.17, 15) is 14.7 Å². The van der Waals surface area contributed by atoms with Gasteiger partial charge in [0.2, 0.25) is 0 Å². The van der Waals surface area contributed by atoms with Gasteiger partial charge in [0.1, 0.15) is 11.7 Å². The molecule has 0 spiro atoms. The number of hydrogen-bond acceptors (Lipinski definition) is 6. The van der Waals surface area contributed by atoms with Crippen LogP contribution in [0.4, 0.5) is 0 Å². The van der Waals surface area contributed by atoms with Crippen LogP contribution >= 0.6 is 0 Å². The second-order valence-corrected chi connectivity index (χ2v) is 7.42. The Morgan fingerprint density at radius 3 is 1.93 bits per heavy atom. The molecule has 1 N–H and O–H groups in total. The maximum absolute atomic E-state index is 12.6. The minimum Gasteiger partial charge on any atom is -0.511 e. The van der Waals surface area contributed by atoms with E-state index in [1.54, 1.807) is 0 Å². The molecule has 3 atom stereocenters. The average Bonchev–Trinajstić information content (AvgIpc) is 2.78. The van der Waals surface area contributed by atoms with Gasteiger partial charge in [-0.3, -0.25) is 9.69 Å². The number of benzene rings is 2. The molecule has 1 aliphatic rings. The van der Waals surface area contributed by atoms with Gasteiger partial charge in [-0.05, 0) is 31.0 Å². The number of aliphatic hydroxyl groups is 1. The van der Waals surface area contributed by atoms with Gasteiger partial charge >= 0.3 is 11.9 Å². The predicted molar refractivity (Wildman–Crippen MR) is 113 cm³/mol. The van der Waals surface area contributed by atoms with E-state index in [2.05, 4.69) is 0 Å². The van der Waals surface area contributed by atoms with Crippen molar-refractivity contribution in [2.24, 2.45) is 5.92 Å². The minimum atomic E-state index is -0.985. The van der Waals surface area contributed by atoms with Crippen LogP contribution in [-0.4, -0.2) is 55.3 Å². The van der Waals surface area contributed by atoms with Gasteiger partial charge in [0.15, 0.2) is 0 Å². The van der Waals surface area contributed by atoms with Crippen LogP contribution < -0.4 is 0 Å². The summed E-state index contributed by atoms with van der Waals surface area (Å²) in [7, 11) is 4.42. The third-order valence-corrected chi connectivity index (χ3v) is 5.72. The summed E-state index contributed by atoms with van der Waals surface area (Å²) in [5.74, 6) is -2.48.